The van der Waals surface area contributed by atoms with Crippen LogP contribution < -0.4 is 0 Å². The van der Waals surface area contributed by atoms with Gasteiger partial charge in [0.15, 0.2) is 0 Å². The van der Waals surface area contributed by atoms with Gasteiger partial charge in [-0.2, -0.15) is 4.98 Å². The second kappa shape index (κ2) is 5.01. The maximum atomic E-state index is 10.4. The molecule has 0 bridgehead atoms. The Labute approximate surface area is 102 Å². The summed E-state index contributed by atoms with van der Waals surface area (Å²) < 4.78 is 4.96. The summed E-state index contributed by atoms with van der Waals surface area (Å²) in [6.07, 6.45) is 0. The molecule has 0 fully saturated rings. The molecule has 1 N–H and O–H groups in total. The van der Waals surface area contributed by atoms with Gasteiger partial charge in [0.1, 0.15) is 5.75 Å². The van der Waals surface area contributed by atoms with E-state index in [9.17, 15) is 4.79 Å². The average molecular weight is 250 g/mol. The largest absolute Gasteiger partial charge is 0.481 e. The highest BCUT2D eigenvalue weighted by atomic mass is 32.2. The Kier molecular flexibility index (Phi) is 3.43. The van der Waals surface area contributed by atoms with Crippen molar-refractivity contribution in [2.45, 2.75) is 12.1 Å². The van der Waals surface area contributed by atoms with Crippen LogP contribution in [0.2, 0.25) is 0 Å². The summed E-state index contributed by atoms with van der Waals surface area (Å²) in [4.78, 5) is 14.5. The number of aliphatic carboxylic acids is 1. The van der Waals surface area contributed by atoms with E-state index in [4.69, 9.17) is 9.63 Å². The number of hydrogen-bond acceptors (Lipinski definition) is 5. The first-order chi connectivity index (χ1) is 8.16. The van der Waals surface area contributed by atoms with E-state index in [2.05, 4.69) is 10.1 Å². The normalized spacial score (nSPS) is 10.4. The van der Waals surface area contributed by atoms with Gasteiger partial charge < -0.3 is 9.63 Å². The number of hydrogen-bond donors (Lipinski definition) is 1. The quantitative estimate of drug-likeness (QED) is 0.838. The van der Waals surface area contributed by atoms with Crippen LogP contribution in [-0.4, -0.2) is 27.0 Å². The van der Waals surface area contributed by atoms with Crippen LogP contribution >= 0.6 is 11.8 Å². The molecule has 1 heterocycles. The number of aromatic nitrogens is 2. The van der Waals surface area contributed by atoms with Crippen molar-refractivity contribution in [1.82, 2.24) is 10.1 Å². The van der Waals surface area contributed by atoms with Gasteiger partial charge in [0.25, 0.3) is 5.22 Å². The molecule has 0 aliphatic rings. The van der Waals surface area contributed by atoms with E-state index in [0.717, 1.165) is 22.9 Å². The maximum Gasteiger partial charge on any atom is 0.314 e. The fraction of sp³-hybridized carbons (Fsp3) is 0.182. The van der Waals surface area contributed by atoms with Crippen molar-refractivity contribution in [3.05, 3.63) is 29.8 Å². The SMILES string of the molecule is Cc1ccccc1-c1noc(SCC(=O)O)n1. The number of benzene rings is 1. The zero-order chi connectivity index (χ0) is 12.3. The third-order valence-corrected chi connectivity index (χ3v) is 2.92. The standard InChI is InChI=1S/C11H10N2O3S/c1-7-4-2-3-5-8(7)10-12-11(16-13-10)17-6-9(14)15/h2-5H,6H2,1H3,(H,14,15). The summed E-state index contributed by atoms with van der Waals surface area (Å²) >= 11 is 1.01. The first kappa shape index (κ1) is 11.7. The lowest BCUT2D eigenvalue weighted by atomic mass is 10.1. The summed E-state index contributed by atoms with van der Waals surface area (Å²) in [6.45, 7) is 1.95. The van der Waals surface area contributed by atoms with E-state index in [1.165, 1.54) is 0 Å². The van der Waals surface area contributed by atoms with Gasteiger partial charge in [0.05, 0.1) is 0 Å². The van der Waals surface area contributed by atoms with Crippen LogP contribution in [0, 0.1) is 6.92 Å². The topological polar surface area (TPSA) is 76.2 Å². The van der Waals surface area contributed by atoms with Gasteiger partial charge >= 0.3 is 5.97 Å². The van der Waals surface area contributed by atoms with E-state index in [0.29, 0.717) is 5.82 Å². The number of carboxylic acid groups (broad SMARTS) is 1. The lowest BCUT2D eigenvalue weighted by Crippen LogP contribution is -1.97. The fourth-order valence-corrected chi connectivity index (χ4v) is 1.81. The summed E-state index contributed by atoms with van der Waals surface area (Å²) in [7, 11) is 0. The number of rotatable bonds is 4. The number of aryl methyl sites for hydroxylation is 1. The molecule has 0 unspecified atom stereocenters. The van der Waals surface area contributed by atoms with E-state index >= 15 is 0 Å². The Bertz CT molecular complexity index is 539. The van der Waals surface area contributed by atoms with E-state index < -0.39 is 5.97 Å². The molecule has 0 radical (unpaired) electrons. The molecule has 1 aromatic heterocycles. The predicted octanol–water partition coefficient (Wildman–Crippen LogP) is 2.22. The maximum absolute atomic E-state index is 10.4. The van der Waals surface area contributed by atoms with Crippen LogP contribution in [0.1, 0.15) is 5.56 Å². The Hall–Kier alpha value is -1.82. The summed E-state index contributed by atoms with van der Waals surface area (Å²) in [5.41, 5.74) is 1.93. The molecule has 2 rings (SSSR count). The minimum absolute atomic E-state index is 0.0879. The minimum Gasteiger partial charge on any atom is -0.481 e. The van der Waals surface area contributed by atoms with Gasteiger partial charge in [-0.25, -0.2) is 0 Å². The van der Waals surface area contributed by atoms with Gasteiger partial charge in [-0.1, -0.05) is 41.2 Å². The fourth-order valence-electron chi connectivity index (χ4n) is 1.32. The molecule has 0 spiro atoms. The minimum atomic E-state index is -0.911. The molecule has 6 heteroatoms. The average Bonchev–Trinajstić information content (AvgIpc) is 2.75. The summed E-state index contributed by atoms with van der Waals surface area (Å²) in [6, 6.07) is 7.67. The van der Waals surface area contributed by atoms with E-state index in [1.807, 2.05) is 31.2 Å². The van der Waals surface area contributed by atoms with Crippen molar-refractivity contribution < 1.29 is 14.4 Å². The highest BCUT2D eigenvalue weighted by molar-refractivity contribution is 7.99. The molecule has 0 saturated carbocycles. The monoisotopic (exact) mass is 250 g/mol. The molecule has 88 valence electrons. The van der Waals surface area contributed by atoms with Crippen LogP contribution in [0.5, 0.6) is 0 Å². The Morgan fingerprint density at radius 2 is 2.24 bits per heavy atom. The van der Waals surface area contributed by atoms with Crippen molar-refractivity contribution in [3.63, 3.8) is 0 Å². The van der Waals surface area contributed by atoms with Gasteiger partial charge in [0.2, 0.25) is 5.82 Å². The predicted molar refractivity (Wildman–Crippen MR) is 62.8 cm³/mol. The molecule has 0 saturated heterocycles. The number of carboxylic acids is 1. The van der Waals surface area contributed by atoms with Gasteiger partial charge in [-0.3, -0.25) is 4.79 Å². The van der Waals surface area contributed by atoms with Crippen molar-refractivity contribution in [3.8, 4) is 11.4 Å². The highest BCUT2D eigenvalue weighted by Gasteiger charge is 2.11. The smallest absolute Gasteiger partial charge is 0.314 e. The first-order valence-electron chi connectivity index (χ1n) is 4.91. The van der Waals surface area contributed by atoms with Crippen molar-refractivity contribution in [1.29, 1.82) is 0 Å². The molecule has 0 aliphatic carbocycles. The second-order valence-electron chi connectivity index (χ2n) is 3.38. The number of thioether (sulfide) groups is 1. The molecule has 0 atom stereocenters. The zero-order valence-electron chi connectivity index (χ0n) is 9.08. The second-order valence-corrected chi connectivity index (χ2v) is 4.31. The molecule has 0 amide bonds. The zero-order valence-corrected chi connectivity index (χ0v) is 9.90. The van der Waals surface area contributed by atoms with Crippen molar-refractivity contribution in [2.24, 2.45) is 0 Å². The van der Waals surface area contributed by atoms with Crippen LogP contribution in [-0.2, 0) is 4.79 Å². The lowest BCUT2D eigenvalue weighted by molar-refractivity contribution is -0.133. The lowest BCUT2D eigenvalue weighted by Gasteiger charge is -1.97. The third kappa shape index (κ3) is 2.85. The Balaban J connectivity index is 2.18. The van der Waals surface area contributed by atoms with Crippen LogP contribution in [0.3, 0.4) is 0 Å². The Morgan fingerprint density at radius 3 is 2.94 bits per heavy atom. The molecule has 0 aliphatic heterocycles. The van der Waals surface area contributed by atoms with Gasteiger partial charge in [0, 0.05) is 5.56 Å². The molecular formula is C11H10N2O3S. The summed E-state index contributed by atoms with van der Waals surface area (Å²) in [5, 5.41) is 12.6. The number of carbonyl (C=O) groups is 1. The van der Waals surface area contributed by atoms with E-state index in [-0.39, 0.29) is 11.0 Å². The Morgan fingerprint density at radius 1 is 1.47 bits per heavy atom. The van der Waals surface area contributed by atoms with Crippen LogP contribution in [0.4, 0.5) is 0 Å². The molecular weight excluding hydrogens is 240 g/mol. The molecule has 1 aromatic carbocycles. The van der Waals surface area contributed by atoms with Crippen molar-refractivity contribution in [2.75, 3.05) is 5.75 Å². The molecule has 5 nitrogen and oxygen atoms in total. The third-order valence-electron chi connectivity index (χ3n) is 2.11. The first-order valence-corrected chi connectivity index (χ1v) is 5.89. The number of nitrogens with zero attached hydrogens (tertiary/aromatic N) is 2. The highest BCUT2D eigenvalue weighted by Crippen LogP contribution is 2.23. The van der Waals surface area contributed by atoms with Gasteiger partial charge in [-0.05, 0) is 12.5 Å². The molecule has 17 heavy (non-hydrogen) atoms. The van der Waals surface area contributed by atoms with Crippen molar-refractivity contribution >= 4 is 17.7 Å². The van der Waals surface area contributed by atoms with Crippen LogP contribution in [0.25, 0.3) is 11.4 Å². The summed E-state index contributed by atoms with van der Waals surface area (Å²) in [5.74, 6) is -0.517. The molecule has 2 aromatic rings. The van der Waals surface area contributed by atoms with E-state index in [1.54, 1.807) is 0 Å². The van der Waals surface area contributed by atoms with Crippen LogP contribution in [0.15, 0.2) is 34.0 Å². The van der Waals surface area contributed by atoms with Gasteiger partial charge in [-0.15, -0.1) is 0 Å².